The molecule has 0 spiro atoms. The van der Waals surface area contributed by atoms with Crippen molar-refractivity contribution in [2.24, 2.45) is 0 Å². The summed E-state index contributed by atoms with van der Waals surface area (Å²) < 4.78 is 56.3. The third-order valence-corrected chi connectivity index (χ3v) is 9.66. The molecular weight excluding hydrogens is 728 g/mol. The number of methoxy groups -OCH3 is 1. The highest BCUT2D eigenvalue weighted by Gasteiger charge is 2.52. The number of esters is 2. The number of rotatable bonds is 18. The first kappa shape index (κ1) is 40.0. The van der Waals surface area contributed by atoms with Crippen LogP contribution < -0.4 is 0 Å². The van der Waals surface area contributed by atoms with Gasteiger partial charge in [-0.05, 0) is 41.0 Å². The van der Waals surface area contributed by atoms with Crippen LogP contribution in [0, 0.1) is 0 Å². The van der Waals surface area contributed by atoms with Crippen molar-refractivity contribution in [3.8, 4) is 0 Å². The zero-order chi connectivity index (χ0) is 39.2. The maximum Gasteiger partial charge on any atom is 0.338 e. The lowest BCUT2D eigenvalue weighted by Crippen LogP contribution is -2.43. The van der Waals surface area contributed by atoms with Gasteiger partial charge < -0.3 is 42.6 Å². The maximum atomic E-state index is 13.5. The third kappa shape index (κ3) is 10.8. The van der Waals surface area contributed by atoms with Crippen LogP contribution in [0.15, 0.2) is 152 Å². The van der Waals surface area contributed by atoms with Crippen LogP contribution in [0.4, 0.5) is 0 Å². The number of hydrogen-bond donors (Lipinski definition) is 0. The Hall–Kier alpha value is -5.24. The van der Waals surface area contributed by atoms with Crippen molar-refractivity contribution in [2.75, 3.05) is 20.3 Å². The van der Waals surface area contributed by atoms with E-state index in [1.165, 1.54) is 7.11 Å². The molecule has 2 saturated heterocycles. The molecule has 11 heteroatoms. The smallest absolute Gasteiger partial charge is 0.338 e. The molecule has 0 unspecified atom stereocenters. The van der Waals surface area contributed by atoms with E-state index in [-0.39, 0.29) is 19.8 Å². The third-order valence-electron chi connectivity index (χ3n) is 9.66. The summed E-state index contributed by atoms with van der Waals surface area (Å²) in [6.45, 7) is 0.983. The molecule has 0 N–H and O–H groups in total. The van der Waals surface area contributed by atoms with Crippen LogP contribution in [0.25, 0.3) is 0 Å². The van der Waals surface area contributed by atoms with Crippen molar-refractivity contribution < 1.29 is 52.2 Å². The average molecular weight is 775 g/mol. The van der Waals surface area contributed by atoms with Gasteiger partial charge in [0.25, 0.3) is 0 Å². The molecule has 0 bridgehead atoms. The van der Waals surface area contributed by atoms with E-state index in [1.807, 2.05) is 91.0 Å². The fourth-order valence-corrected chi connectivity index (χ4v) is 6.74. The van der Waals surface area contributed by atoms with Gasteiger partial charge in [-0.25, -0.2) is 9.59 Å². The van der Waals surface area contributed by atoms with Crippen LogP contribution in [0.5, 0.6) is 0 Å². The zero-order valence-electron chi connectivity index (χ0n) is 31.6. The first-order valence-electron chi connectivity index (χ1n) is 19.0. The van der Waals surface area contributed by atoms with Gasteiger partial charge in [-0.2, -0.15) is 0 Å². The SMILES string of the molecule is CO[C@H]1O[C@H](CO[C@H]2O[C@H](COCc3ccccc3)[C@@H](OCc3ccccc3)[C@@H]2OCc2ccccc2)[C@@H](OC(=O)c2ccccc2)[C@@H]1OC(=O)c1ccccc1. The van der Waals surface area contributed by atoms with Crippen molar-refractivity contribution >= 4 is 11.9 Å². The highest BCUT2D eigenvalue weighted by atomic mass is 16.8. The van der Waals surface area contributed by atoms with Crippen molar-refractivity contribution in [3.05, 3.63) is 179 Å². The fourth-order valence-electron chi connectivity index (χ4n) is 6.74. The molecule has 2 aliphatic rings. The van der Waals surface area contributed by atoms with Gasteiger partial charge in [-0.1, -0.05) is 127 Å². The summed E-state index contributed by atoms with van der Waals surface area (Å²) >= 11 is 0. The summed E-state index contributed by atoms with van der Waals surface area (Å²) in [4.78, 5) is 26.8. The van der Waals surface area contributed by atoms with Crippen molar-refractivity contribution in [2.45, 2.75) is 69.0 Å². The first-order chi connectivity index (χ1) is 28.1. The molecule has 7 rings (SSSR count). The van der Waals surface area contributed by atoms with Crippen LogP contribution in [-0.2, 0) is 62.5 Å². The monoisotopic (exact) mass is 774 g/mol. The summed E-state index contributed by atoms with van der Waals surface area (Å²) in [5.74, 6) is -1.25. The van der Waals surface area contributed by atoms with Crippen LogP contribution in [0.1, 0.15) is 37.4 Å². The average Bonchev–Trinajstić information content (AvgIpc) is 3.77. The molecule has 11 nitrogen and oxygen atoms in total. The minimum Gasteiger partial charge on any atom is -0.452 e. The van der Waals surface area contributed by atoms with Gasteiger partial charge in [0.05, 0.1) is 44.2 Å². The van der Waals surface area contributed by atoms with Gasteiger partial charge in [0.15, 0.2) is 24.8 Å². The summed E-state index contributed by atoms with van der Waals surface area (Å²) in [7, 11) is 1.43. The lowest BCUT2D eigenvalue weighted by molar-refractivity contribution is -0.210. The fraction of sp³-hybridized carbons (Fsp3) is 0.304. The highest BCUT2D eigenvalue weighted by Crippen LogP contribution is 2.33. The number of ether oxygens (including phenoxy) is 9. The van der Waals surface area contributed by atoms with E-state index in [2.05, 4.69) is 0 Å². The second-order valence-electron chi connectivity index (χ2n) is 13.6. The van der Waals surface area contributed by atoms with Gasteiger partial charge in [-0.15, -0.1) is 0 Å². The van der Waals surface area contributed by atoms with Gasteiger partial charge in [0.1, 0.15) is 24.4 Å². The Kier molecular flexibility index (Phi) is 14.2. The second kappa shape index (κ2) is 20.3. The molecular formula is C46H46O11. The van der Waals surface area contributed by atoms with Crippen molar-refractivity contribution in [3.63, 3.8) is 0 Å². The van der Waals surface area contributed by atoms with Crippen molar-refractivity contribution in [1.29, 1.82) is 0 Å². The Morgan fingerprint density at radius 2 is 0.877 bits per heavy atom. The van der Waals surface area contributed by atoms with E-state index in [0.29, 0.717) is 24.3 Å². The molecule has 5 aromatic carbocycles. The zero-order valence-corrected chi connectivity index (χ0v) is 31.6. The lowest BCUT2D eigenvalue weighted by Gasteiger charge is -2.27. The lowest BCUT2D eigenvalue weighted by atomic mass is 10.1. The predicted molar refractivity (Wildman–Crippen MR) is 208 cm³/mol. The van der Waals surface area contributed by atoms with Gasteiger partial charge >= 0.3 is 11.9 Å². The summed E-state index contributed by atoms with van der Waals surface area (Å²) in [6, 6.07) is 46.6. The number of hydrogen-bond acceptors (Lipinski definition) is 11. The van der Waals surface area contributed by atoms with E-state index >= 15 is 0 Å². The van der Waals surface area contributed by atoms with E-state index in [1.54, 1.807) is 60.7 Å². The molecule has 57 heavy (non-hydrogen) atoms. The highest BCUT2D eigenvalue weighted by molar-refractivity contribution is 5.90. The minimum atomic E-state index is -1.13. The molecule has 8 atom stereocenters. The summed E-state index contributed by atoms with van der Waals surface area (Å²) in [6.07, 6.45) is -7.10. The standard InChI is InChI=1S/C46H46O11/c1-49-45-42(57-44(48)36-25-15-6-16-26-36)40(56-43(47)35-23-13-5-14-24-35)38(54-45)31-53-46-41(52-29-34-21-11-4-12-22-34)39(51-28-33-19-9-3-10-20-33)37(55-46)30-50-27-32-17-7-2-8-18-32/h2-26,37-42,45-46H,27-31H2,1H3/t37-,38-,39-,40-,41+,42+,45+,46+/m1/s1. The second-order valence-corrected chi connectivity index (χ2v) is 13.6. The Balaban J connectivity index is 1.12. The van der Waals surface area contributed by atoms with Crippen LogP contribution in [0.3, 0.4) is 0 Å². The first-order valence-corrected chi connectivity index (χ1v) is 19.0. The molecule has 2 heterocycles. The maximum absolute atomic E-state index is 13.5. The molecule has 2 aliphatic heterocycles. The molecule has 0 aliphatic carbocycles. The molecule has 2 fully saturated rings. The van der Waals surface area contributed by atoms with Gasteiger partial charge in [-0.3, -0.25) is 0 Å². The van der Waals surface area contributed by atoms with E-state index in [0.717, 1.165) is 16.7 Å². The van der Waals surface area contributed by atoms with Crippen molar-refractivity contribution in [1.82, 2.24) is 0 Å². The Morgan fingerprint density at radius 3 is 1.39 bits per heavy atom. The topological polar surface area (TPSA) is 117 Å². The Morgan fingerprint density at radius 1 is 0.456 bits per heavy atom. The van der Waals surface area contributed by atoms with Crippen LogP contribution in [0.2, 0.25) is 0 Å². The molecule has 0 radical (unpaired) electrons. The van der Waals surface area contributed by atoms with Crippen LogP contribution >= 0.6 is 0 Å². The number of benzene rings is 5. The minimum absolute atomic E-state index is 0.148. The quantitative estimate of drug-likeness (QED) is 0.0863. The number of carbonyl (C=O) groups excluding carboxylic acids is 2. The van der Waals surface area contributed by atoms with Crippen LogP contribution in [-0.4, -0.2) is 81.5 Å². The summed E-state index contributed by atoms with van der Waals surface area (Å²) in [5.41, 5.74) is 3.60. The number of carbonyl (C=O) groups is 2. The van der Waals surface area contributed by atoms with E-state index in [9.17, 15) is 9.59 Å². The summed E-state index contributed by atoms with van der Waals surface area (Å²) in [5, 5.41) is 0. The van der Waals surface area contributed by atoms with Gasteiger partial charge in [0, 0.05) is 7.11 Å². The normalized spacial score (nSPS) is 24.2. The van der Waals surface area contributed by atoms with E-state index in [4.69, 9.17) is 42.6 Å². The van der Waals surface area contributed by atoms with E-state index < -0.39 is 61.1 Å². The molecule has 0 aromatic heterocycles. The molecule has 296 valence electrons. The predicted octanol–water partition coefficient (Wildman–Crippen LogP) is 6.94. The molecule has 5 aromatic rings. The molecule has 0 amide bonds. The molecule has 0 saturated carbocycles. The van der Waals surface area contributed by atoms with Gasteiger partial charge in [0.2, 0.25) is 0 Å². The largest absolute Gasteiger partial charge is 0.452 e. The Labute approximate surface area is 332 Å². The Bertz CT molecular complexity index is 1950.